The molecule has 0 heterocycles. The third-order valence-corrected chi connectivity index (χ3v) is 2.68. The number of nitrogens with zero attached hydrogens (tertiary/aromatic N) is 1. The van der Waals surface area contributed by atoms with Gasteiger partial charge in [0.15, 0.2) is 5.96 Å². The average Bonchev–Trinajstić information content (AvgIpc) is 2.28. The maximum Gasteiger partial charge on any atom is 0.193 e. The fourth-order valence-electron chi connectivity index (χ4n) is 1.12. The number of para-hydroxylation sites is 1. The minimum absolute atomic E-state index is 0.211. The molecule has 88 valence electrons. The van der Waals surface area contributed by atoms with Gasteiger partial charge in [0.05, 0.1) is 0 Å². The summed E-state index contributed by atoms with van der Waals surface area (Å²) in [5, 5.41) is 3.07. The maximum atomic E-state index is 5.81. The zero-order chi connectivity index (χ0) is 12.0. The quantitative estimate of drug-likeness (QED) is 0.604. The summed E-state index contributed by atoms with van der Waals surface area (Å²) in [6.07, 6.45) is 1.09. The molecule has 0 unspecified atom stereocenters. The third kappa shape index (κ3) is 4.34. The van der Waals surface area contributed by atoms with Crippen LogP contribution >= 0.6 is 0 Å². The lowest BCUT2D eigenvalue weighted by Gasteiger charge is -2.19. The summed E-state index contributed by atoms with van der Waals surface area (Å²) in [5.74, 6) is 0.479. The Morgan fingerprint density at radius 2 is 1.94 bits per heavy atom. The molecule has 0 saturated carbocycles. The molecule has 3 nitrogen and oxygen atoms in total. The van der Waals surface area contributed by atoms with Gasteiger partial charge in [-0.2, -0.15) is 0 Å². The van der Waals surface area contributed by atoms with Gasteiger partial charge in [-0.3, -0.25) is 4.99 Å². The van der Waals surface area contributed by atoms with E-state index >= 15 is 0 Å². The first-order valence-electron chi connectivity index (χ1n) is 5.65. The molecule has 0 spiro atoms. The lowest BCUT2D eigenvalue weighted by Crippen LogP contribution is -2.25. The normalized spacial score (nSPS) is 12.6. The van der Waals surface area contributed by atoms with Crippen molar-refractivity contribution in [2.75, 3.05) is 11.9 Å². The van der Waals surface area contributed by atoms with E-state index in [9.17, 15) is 0 Å². The lowest BCUT2D eigenvalue weighted by molar-refractivity contribution is 0.366. The fourth-order valence-corrected chi connectivity index (χ4v) is 1.12. The summed E-state index contributed by atoms with van der Waals surface area (Å²) in [6.45, 7) is 7.28. The highest BCUT2D eigenvalue weighted by Crippen LogP contribution is 2.19. The van der Waals surface area contributed by atoms with Crippen LogP contribution in [0, 0.1) is 5.41 Å². The van der Waals surface area contributed by atoms with Gasteiger partial charge in [0.1, 0.15) is 0 Å². The average molecular weight is 219 g/mol. The topological polar surface area (TPSA) is 50.4 Å². The van der Waals surface area contributed by atoms with Gasteiger partial charge in [0.2, 0.25) is 0 Å². The Kier molecular flexibility index (Phi) is 4.35. The van der Waals surface area contributed by atoms with Crippen LogP contribution in [0.5, 0.6) is 0 Å². The molecule has 1 rings (SSSR count). The summed E-state index contributed by atoms with van der Waals surface area (Å²) in [5.41, 5.74) is 6.99. The Balaban J connectivity index is 2.53. The molecule has 0 aliphatic rings. The molecule has 0 radical (unpaired) electrons. The highest BCUT2D eigenvalue weighted by Gasteiger charge is 2.13. The first kappa shape index (κ1) is 12.6. The smallest absolute Gasteiger partial charge is 0.193 e. The van der Waals surface area contributed by atoms with Crippen LogP contribution in [0.3, 0.4) is 0 Å². The predicted molar refractivity (Wildman–Crippen MR) is 70.6 cm³/mol. The molecule has 0 aliphatic heterocycles. The van der Waals surface area contributed by atoms with Crippen molar-refractivity contribution < 1.29 is 0 Å². The van der Waals surface area contributed by atoms with Crippen molar-refractivity contribution in [1.29, 1.82) is 0 Å². The van der Waals surface area contributed by atoms with Crippen molar-refractivity contribution in [3.8, 4) is 0 Å². The van der Waals surface area contributed by atoms with Crippen molar-refractivity contribution in [3.63, 3.8) is 0 Å². The van der Waals surface area contributed by atoms with E-state index in [1.165, 1.54) is 0 Å². The van der Waals surface area contributed by atoms with E-state index in [1.54, 1.807) is 0 Å². The van der Waals surface area contributed by atoms with E-state index < -0.39 is 0 Å². The van der Waals surface area contributed by atoms with Crippen LogP contribution in [0.2, 0.25) is 0 Å². The second-order valence-corrected chi connectivity index (χ2v) is 4.71. The van der Waals surface area contributed by atoms with Gasteiger partial charge in [-0.1, -0.05) is 39.0 Å². The Hall–Kier alpha value is -1.51. The second kappa shape index (κ2) is 5.54. The molecule has 0 amide bonds. The van der Waals surface area contributed by atoms with Gasteiger partial charge in [-0.05, 0) is 24.0 Å². The highest BCUT2D eigenvalue weighted by atomic mass is 15.1. The zero-order valence-corrected chi connectivity index (χ0v) is 10.3. The molecular formula is C13H21N3. The first-order chi connectivity index (χ1) is 7.53. The number of nitrogens with two attached hydrogens (primary N) is 1. The number of nitrogens with one attached hydrogen (secondary N) is 1. The number of anilines is 1. The van der Waals surface area contributed by atoms with Crippen LogP contribution in [0.15, 0.2) is 35.3 Å². The number of guanidine groups is 1. The summed E-state index contributed by atoms with van der Waals surface area (Å²) >= 11 is 0. The molecule has 0 aromatic heterocycles. The van der Waals surface area contributed by atoms with Crippen LogP contribution in [-0.4, -0.2) is 12.5 Å². The molecule has 3 heteroatoms. The number of rotatable bonds is 4. The van der Waals surface area contributed by atoms with E-state index in [2.05, 4.69) is 31.1 Å². The molecule has 0 saturated heterocycles. The molecular weight excluding hydrogens is 198 g/mol. The summed E-state index contributed by atoms with van der Waals surface area (Å²) in [4.78, 5) is 4.35. The Labute approximate surface area is 97.8 Å². The Bertz CT molecular complexity index is 341. The van der Waals surface area contributed by atoms with E-state index in [1.807, 2.05) is 30.3 Å². The first-order valence-corrected chi connectivity index (χ1v) is 5.65. The van der Waals surface area contributed by atoms with Gasteiger partial charge in [-0.25, -0.2) is 0 Å². The predicted octanol–water partition coefficient (Wildman–Crippen LogP) is 2.85. The number of aliphatic imine (C=N–C) groups is 1. The summed E-state index contributed by atoms with van der Waals surface area (Å²) < 4.78 is 0. The van der Waals surface area contributed by atoms with E-state index in [-0.39, 0.29) is 5.41 Å². The lowest BCUT2D eigenvalue weighted by atomic mass is 9.91. The van der Waals surface area contributed by atoms with Crippen LogP contribution < -0.4 is 11.1 Å². The van der Waals surface area contributed by atoms with Gasteiger partial charge >= 0.3 is 0 Å². The van der Waals surface area contributed by atoms with Gasteiger partial charge < -0.3 is 11.1 Å². The zero-order valence-electron chi connectivity index (χ0n) is 10.3. The van der Waals surface area contributed by atoms with Gasteiger partial charge in [0, 0.05) is 12.2 Å². The SMILES string of the molecule is CCC(C)(C)CN=C(N)Nc1ccccc1. The van der Waals surface area contributed by atoms with Crippen molar-refractivity contribution >= 4 is 11.6 Å². The molecule has 0 aliphatic carbocycles. The van der Waals surface area contributed by atoms with Crippen LogP contribution in [0.1, 0.15) is 27.2 Å². The van der Waals surface area contributed by atoms with E-state index in [0.717, 1.165) is 18.7 Å². The van der Waals surface area contributed by atoms with Crippen molar-refractivity contribution in [1.82, 2.24) is 0 Å². The van der Waals surface area contributed by atoms with E-state index in [0.29, 0.717) is 5.96 Å². The van der Waals surface area contributed by atoms with Crippen molar-refractivity contribution in [3.05, 3.63) is 30.3 Å². The number of hydrogen-bond donors (Lipinski definition) is 2. The second-order valence-electron chi connectivity index (χ2n) is 4.71. The fraction of sp³-hybridized carbons (Fsp3) is 0.462. The monoisotopic (exact) mass is 219 g/mol. The van der Waals surface area contributed by atoms with Crippen LogP contribution in [0.4, 0.5) is 5.69 Å². The molecule has 16 heavy (non-hydrogen) atoms. The maximum absolute atomic E-state index is 5.81. The summed E-state index contributed by atoms with van der Waals surface area (Å²) in [7, 11) is 0. The third-order valence-electron chi connectivity index (χ3n) is 2.68. The largest absolute Gasteiger partial charge is 0.370 e. The van der Waals surface area contributed by atoms with Gasteiger partial charge in [0.25, 0.3) is 0 Å². The molecule has 1 aromatic carbocycles. The van der Waals surface area contributed by atoms with Gasteiger partial charge in [-0.15, -0.1) is 0 Å². The number of benzene rings is 1. The number of hydrogen-bond acceptors (Lipinski definition) is 1. The van der Waals surface area contributed by atoms with E-state index in [4.69, 9.17) is 5.73 Å². The molecule has 0 atom stereocenters. The van der Waals surface area contributed by atoms with Crippen LogP contribution in [-0.2, 0) is 0 Å². The Morgan fingerprint density at radius 3 is 2.50 bits per heavy atom. The Morgan fingerprint density at radius 1 is 1.31 bits per heavy atom. The minimum Gasteiger partial charge on any atom is -0.370 e. The summed E-state index contributed by atoms with van der Waals surface area (Å²) in [6, 6.07) is 9.83. The van der Waals surface area contributed by atoms with Crippen LogP contribution in [0.25, 0.3) is 0 Å². The molecule has 0 bridgehead atoms. The standard InChI is InChI=1S/C13H21N3/c1-4-13(2,3)10-15-12(14)16-11-8-6-5-7-9-11/h5-9H,4,10H2,1-3H3,(H3,14,15,16). The highest BCUT2D eigenvalue weighted by molar-refractivity contribution is 5.92. The minimum atomic E-state index is 0.211. The molecule has 0 fully saturated rings. The van der Waals surface area contributed by atoms with Crippen molar-refractivity contribution in [2.45, 2.75) is 27.2 Å². The molecule has 1 aromatic rings. The molecule has 3 N–H and O–H groups in total. The van der Waals surface area contributed by atoms with Crippen molar-refractivity contribution in [2.24, 2.45) is 16.1 Å².